The van der Waals surface area contributed by atoms with Crippen LogP contribution in [0.25, 0.3) is 10.9 Å². The summed E-state index contributed by atoms with van der Waals surface area (Å²) in [6, 6.07) is 11.7. The number of nitrogens with one attached hydrogen (secondary N) is 1. The number of fused-ring (bicyclic) bond motifs is 2. The van der Waals surface area contributed by atoms with Crippen molar-refractivity contribution in [3.63, 3.8) is 0 Å². The molecule has 2 aromatic carbocycles. The highest BCUT2D eigenvalue weighted by molar-refractivity contribution is 5.99. The second-order valence-corrected chi connectivity index (χ2v) is 7.12. The fraction of sp³-hybridized carbons (Fsp3) is 0.261. The molecule has 1 aliphatic rings. The fourth-order valence-electron chi connectivity index (χ4n) is 3.62. The van der Waals surface area contributed by atoms with Crippen LogP contribution in [0.1, 0.15) is 22.8 Å². The Hall–Kier alpha value is -3.81. The lowest BCUT2D eigenvalue weighted by molar-refractivity contribution is -0.142. The molecule has 0 aliphatic carbocycles. The number of pyridine rings is 1. The standard InChI is InChI=1S/C23H22N2O6/c1-3-25-12-16(21(26)15-10-19-20(11-18(15)25)31-13-30-19)22(27)24-17(23(28)29-2)9-14-7-5-4-6-8-14/h4-8,10-12,17H,3,9,13H2,1-2H3,(H,24,27)/t17-/m0/s1. The van der Waals surface area contributed by atoms with Crippen LogP contribution in [0.5, 0.6) is 11.5 Å². The summed E-state index contributed by atoms with van der Waals surface area (Å²) in [4.78, 5) is 38.5. The number of rotatable bonds is 6. The van der Waals surface area contributed by atoms with E-state index in [-0.39, 0.29) is 18.8 Å². The van der Waals surface area contributed by atoms with Gasteiger partial charge in [-0.3, -0.25) is 9.59 Å². The molecule has 8 heteroatoms. The van der Waals surface area contributed by atoms with Gasteiger partial charge in [-0.25, -0.2) is 4.79 Å². The number of benzene rings is 2. The number of nitrogens with zero attached hydrogens (tertiary/aromatic N) is 1. The van der Waals surface area contributed by atoms with Crippen LogP contribution in [0.4, 0.5) is 0 Å². The average Bonchev–Trinajstić information content (AvgIpc) is 3.25. The molecule has 0 unspecified atom stereocenters. The maximum absolute atomic E-state index is 13.1. The number of esters is 1. The topological polar surface area (TPSA) is 95.9 Å². The van der Waals surface area contributed by atoms with Gasteiger partial charge < -0.3 is 24.1 Å². The van der Waals surface area contributed by atoms with Crippen molar-refractivity contribution in [2.24, 2.45) is 0 Å². The summed E-state index contributed by atoms with van der Waals surface area (Å²) in [5, 5.41) is 3.00. The predicted molar refractivity (Wildman–Crippen MR) is 113 cm³/mol. The first kappa shape index (κ1) is 20.5. The number of aryl methyl sites for hydroxylation is 1. The van der Waals surface area contributed by atoms with Gasteiger partial charge in [0.05, 0.1) is 18.0 Å². The number of methoxy groups -OCH3 is 1. The Morgan fingerprint density at radius 1 is 1.16 bits per heavy atom. The number of carbonyl (C=O) groups excluding carboxylic acids is 2. The number of hydrogen-bond acceptors (Lipinski definition) is 6. The molecular formula is C23H22N2O6. The van der Waals surface area contributed by atoms with E-state index in [1.54, 1.807) is 16.7 Å². The van der Waals surface area contributed by atoms with Gasteiger partial charge in [-0.05, 0) is 18.6 Å². The zero-order valence-electron chi connectivity index (χ0n) is 17.2. The summed E-state index contributed by atoms with van der Waals surface area (Å²) < 4.78 is 17.4. The highest BCUT2D eigenvalue weighted by Crippen LogP contribution is 2.35. The molecule has 0 radical (unpaired) electrons. The molecule has 160 valence electrons. The smallest absolute Gasteiger partial charge is 0.328 e. The van der Waals surface area contributed by atoms with Crippen molar-refractivity contribution in [1.29, 1.82) is 0 Å². The highest BCUT2D eigenvalue weighted by Gasteiger charge is 2.25. The van der Waals surface area contributed by atoms with Gasteiger partial charge in [-0.2, -0.15) is 0 Å². The quantitative estimate of drug-likeness (QED) is 0.613. The van der Waals surface area contributed by atoms with E-state index in [2.05, 4.69) is 5.32 Å². The molecule has 1 atom stereocenters. The molecule has 1 aliphatic heterocycles. The van der Waals surface area contributed by atoms with E-state index in [4.69, 9.17) is 14.2 Å². The number of hydrogen-bond donors (Lipinski definition) is 1. The molecule has 1 N–H and O–H groups in total. The van der Waals surface area contributed by atoms with Crippen LogP contribution in [-0.2, 0) is 22.5 Å². The van der Waals surface area contributed by atoms with E-state index in [1.165, 1.54) is 13.3 Å². The van der Waals surface area contributed by atoms with Crippen molar-refractivity contribution in [1.82, 2.24) is 9.88 Å². The first-order valence-electron chi connectivity index (χ1n) is 9.91. The lowest BCUT2D eigenvalue weighted by atomic mass is 10.0. The summed E-state index contributed by atoms with van der Waals surface area (Å²) >= 11 is 0. The van der Waals surface area contributed by atoms with Crippen molar-refractivity contribution in [2.45, 2.75) is 25.9 Å². The summed E-state index contributed by atoms with van der Waals surface area (Å²) in [6.45, 7) is 2.52. The van der Waals surface area contributed by atoms with E-state index in [0.717, 1.165) is 5.56 Å². The Balaban J connectivity index is 1.70. The molecule has 0 bridgehead atoms. The summed E-state index contributed by atoms with van der Waals surface area (Å²) in [5.41, 5.74) is 0.992. The number of aromatic nitrogens is 1. The Labute approximate surface area is 178 Å². The Kier molecular flexibility index (Phi) is 5.62. The van der Waals surface area contributed by atoms with Gasteiger partial charge in [0.2, 0.25) is 12.2 Å². The van der Waals surface area contributed by atoms with Crippen LogP contribution in [0.3, 0.4) is 0 Å². The summed E-state index contributed by atoms with van der Waals surface area (Å²) in [5.74, 6) is -0.212. The number of amides is 1. The largest absolute Gasteiger partial charge is 0.467 e. The molecule has 1 amide bonds. The first-order valence-corrected chi connectivity index (χ1v) is 9.91. The van der Waals surface area contributed by atoms with Crippen LogP contribution in [-0.4, -0.2) is 36.4 Å². The maximum Gasteiger partial charge on any atom is 0.328 e. The third kappa shape index (κ3) is 3.96. The maximum atomic E-state index is 13.1. The van der Waals surface area contributed by atoms with Gasteiger partial charge in [0.1, 0.15) is 11.6 Å². The highest BCUT2D eigenvalue weighted by atomic mass is 16.7. The second-order valence-electron chi connectivity index (χ2n) is 7.12. The van der Waals surface area contributed by atoms with Crippen LogP contribution in [0.2, 0.25) is 0 Å². The van der Waals surface area contributed by atoms with Gasteiger partial charge in [0, 0.05) is 25.2 Å². The lowest BCUT2D eigenvalue weighted by Crippen LogP contribution is -2.44. The number of ether oxygens (including phenoxy) is 3. The van der Waals surface area contributed by atoms with Crippen molar-refractivity contribution in [3.8, 4) is 11.5 Å². The fourth-order valence-corrected chi connectivity index (χ4v) is 3.62. The van der Waals surface area contributed by atoms with Gasteiger partial charge in [0.25, 0.3) is 5.91 Å². The van der Waals surface area contributed by atoms with Gasteiger partial charge in [-0.1, -0.05) is 30.3 Å². The van der Waals surface area contributed by atoms with Crippen LogP contribution < -0.4 is 20.2 Å². The lowest BCUT2D eigenvalue weighted by Gasteiger charge is -2.18. The van der Waals surface area contributed by atoms with E-state index < -0.39 is 23.3 Å². The molecular weight excluding hydrogens is 400 g/mol. The van der Waals surface area contributed by atoms with Crippen LogP contribution in [0.15, 0.2) is 53.5 Å². The normalized spacial score (nSPS) is 13.1. The molecule has 0 spiro atoms. The molecule has 0 saturated heterocycles. The molecule has 31 heavy (non-hydrogen) atoms. The van der Waals surface area contributed by atoms with Crippen molar-refractivity contribution >= 4 is 22.8 Å². The van der Waals surface area contributed by atoms with Gasteiger partial charge >= 0.3 is 5.97 Å². The molecule has 3 aromatic rings. The molecule has 0 saturated carbocycles. The third-order valence-electron chi connectivity index (χ3n) is 5.23. The van der Waals surface area contributed by atoms with Crippen molar-refractivity contribution < 1.29 is 23.8 Å². The van der Waals surface area contributed by atoms with E-state index in [1.807, 2.05) is 37.3 Å². The molecule has 4 rings (SSSR count). The predicted octanol–water partition coefficient (Wildman–Crippen LogP) is 2.26. The average molecular weight is 422 g/mol. The summed E-state index contributed by atoms with van der Waals surface area (Å²) in [7, 11) is 1.26. The Morgan fingerprint density at radius 3 is 2.55 bits per heavy atom. The molecule has 2 heterocycles. The summed E-state index contributed by atoms with van der Waals surface area (Å²) in [6.07, 6.45) is 1.74. The monoisotopic (exact) mass is 422 g/mol. The second kappa shape index (κ2) is 8.51. The van der Waals surface area contributed by atoms with Crippen LogP contribution in [0, 0.1) is 0 Å². The minimum Gasteiger partial charge on any atom is -0.467 e. The van der Waals surface area contributed by atoms with Gasteiger partial charge in [-0.15, -0.1) is 0 Å². The Morgan fingerprint density at radius 2 is 1.87 bits per heavy atom. The van der Waals surface area contributed by atoms with Crippen molar-refractivity contribution in [2.75, 3.05) is 13.9 Å². The van der Waals surface area contributed by atoms with E-state index in [9.17, 15) is 14.4 Å². The van der Waals surface area contributed by atoms with E-state index in [0.29, 0.717) is 28.9 Å². The zero-order valence-corrected chi connectivity index (χ0v) is 17.2. The zero-order chi connectivity index (χ0) is 22.0. The molecule has 8 nitrogen and oxygen atoms in total. The number of carbonyl (C=O) groups is 2. The Bertz CT molecular complexity index is 1200. The SMILES string of the molecule is CCn1cc(C(=O)N[C@@H](Cc2ccccc2)C(=O)OC)c(=O)c2cc3c(cc21)OCO3. The minimum absolute atomic E-state index is 0.0600. The first-order chi connectivity index (χ1) is 15.0. The third-order valence-corrected chi connectivity index (χ3v) is 5.23. The van der Waals surface area contributed by atoms with Gasteiger partial charge in [0.15, 0.2) is 11.5 Å². The minimum atomic E-state index is -0.929. The van der Waals surface area contributed by atoms with E-state index >= 15 is 0 Å². The molecule has 0 fully saturated rings. The van der Waals surface area contributed by atoms with Crippen LogP contribution >= 0.6 is 0 Å². The molecule has 1 aromatic heterocycles. The van der Waals surface area contributed by atoms with Crippen molar-refractivity contribution in [3.05, 3.63) is 70.0 Å².